The summed E-state index contributed by atoms with van der Waals surface area (Å²) in [5, 5.41) is 8.16. The van der Waals surface area contributed by atoms with E-state index in [4.69, 9.17) is 14.9 Å². The number of cyclic esters (lactones) is 1. The van der Waals surface area contributed by atoms with Crippen LogP contribution in [0.3, 0.4) is 0 Å². The number of carbonyl (C=O) groups is 1. The molecule has 3 rings (SSSR count). The number of morpholine rings is 1. The Kier molecular flexibility index (Phi) is 4.06. The lowest BCUT2D eigenvalue weighted by atomic mass is 10.1. The van der Waals surface area contributed by atoms with Crippen LogP contribution in [-0.4, -0.2) is 56.3 Å². The summed E-state index contributed by atoms with van der Waals surface area (Å²) in [6.45, 7) is 4.01. The van der Waals surface area contributed by atoms with Crippen LogP contribution in [0.25, 0.3) is 0 Å². The first-order chi connectivity index (χ1) is 10.2. The molecule has 0 bridgehead atoms. The minimum atomic E-state index is -0.288. The summed E-state index contributed by atoms with van der Waals surface area (Å²) in [5.74, 6) is 0.617. The molecule has 2 aliphatic rings. The van der Waals surface area contributed by atoms with Gasteiger partial charge in [0, 0.05) is 25.2 Å². The number of rotatable bonds is 3. The molecule has 21 heavy (non-hydrogen) atoms. The number of nitrogens with zero attached hydrogens (tertiary/aromatic N) is 2. The van der Waals surface area contributed by atoms with Crippen LogP contribution in [0.2, 0.25) is 0 Å². The van der Waals surface area contributed by atoms with Crippen LogP contribution in [0.5, 0.6) is 0 Å². The maximum atomic E-state index is 11.5. The molecule has 0 spiro atoms. The Hall–Kier alpha value is -2.08. The summed E-state index contributed by atoms with van der Waals surface area (Å²) in [5.41, 5.74) is 1.92. The van der Waals surface area contributed by atoms with E-state index in [1.807, 2.05) is 24.3 Å². The van der Waals surface area contributed by atoms with Crippen molar-refractivity contribution in [3.05, 3.63) is 29.8 Å². The van der Waals surface area contributed by atoms with Crippen molar-refractivity contribution in [3.63, 3.8) is 0 Å². The molecule has 0 atom stereocenters. The van der Waals surface area contributed by atoms with Crippen LogP contribution >= 0.6 is 0 Å². The highest BCUT2D eigenvalue weighted by Crippen LogP contribution is 2.19. The maximum Gasteiger partial charge on any atom is 0.414 e. The molecular weight excluding hydrogens is 270 g/mol. The van der Waals surface area contributed by atoms with Crippen molar-refractivity contribution in [2.45, 2.75) is 6.42 Å². The number of nitrogens with one attached hydrogen (secondary N) is 1. The Balaban J connectivity index is 1.61. The second-order valence-corrected chi connectivity index (χ2v) is 5.16. The van der Waals surface area contributed by atoms with Crippen LogP contribution in [0.4, 0.5) is 10.5 Å². The van der Waals surface area contributed by atoms with Crippen LogP contribution in [0.15, 0.2) is 24.3 Å². The van der Waals surface area contributed by atoms with Gasteiger partial charge in [0.2, 0.25) is 0 Å². The normalized spacial score (nSPS) is 18.8. The largest absolute Gasteiger partial charge is 0.447 e. The average molecular weight is 289 g/mol. The molecule has 1 N–H and O–H groups in total. The Morgan fingerprint density at radius 3 is 2.43 bits per heavy atom. The first kappa shape index (κ1) is 13.9. The van der Waals surface area contributed by atoms with Gasteiger partial charge in [-0.25, -0.2) is 4.79 Å². The number of carbonyl (C=O) groups excluding carboxylic acids is 1. The fraction of sp³-hybridized carbons (Fsp3) is 0.467. The zero-order chi connectivity index (χ0) is 14.7. The molecule has 6 heteroatoms. The Bertz CT molecular complexity index is 523. The molecule has 0 aliphatic carbocycles. The summed E-state index contributed by atoms with van der Waals surface area (Å²) in [6.07, 6.45) is 0.314. The summed E-state index contributed by atoms with van der Waals surface area (Å²) < 4.78 is 10.2. The van der Waals surface area contributed by atoms with E-state index in [0.717, 1.165) is 24.3 Å². The van der Waals surface area contributed by atoms with E-state index in [1.165, 1.54) is 0 Å². The van der Waals surface area contributed by atoms with Gasteiger partial charge in [0.15, 0.2) is 0 Å². The predicted molar refractivity (Wildman–Crippen MR) is 79.0 cm³/mol. The fourth-order valence-corrected chi connectivity index (χ4v) is 2.56. The quantitative estimate of drug-likeness (QED) is 0.676. The third-order valence-corrected chi connectivity index (χ3v) is 3.77. The monoisotopic (exact) mass is 289 g/mol. The molecule has 112 valence electrons. The van der Waals surface area contributed by atoms with Crippen molar-refractivity contribution in [2.75, 3.05) is 44.4 Å². The maximum absolute atomic E-state index is 11.5. The molecule has 0 radical (unpaired) electrons. The first-order valence-corrected chi connectivity index (χ1v) is 7.17. The number of ether oxygens (including phenoxy) is 2. The van der Waals surface area contributed by atoms with E-state index < -0.39 is 0 Å². The average Bonchev–Trinajstić information content (AvgIpc) is 2.95. The van der Waals surface area contributed by atoms with Crippen molar-refractivity contribution < 1.29 is 14.3 Å². The minimum absolute atomic E-state index is 0.288. The van der Waals surface area contributed by atoms with E-state index >= 15 is 0 Å². The molecule has 2 aliphatic heterocycles. The van der Waals surface area contributed by atoms with Crippen molar-refractivity contribution in [1.82, 2.24) is 4.90 Å². The molecule has 2 fully saturated rings. The van der Waals surface area contributed by atoms with Gasteiger partial charge in [-0.1, -0.05) is 12.1 Å². The highest BCUT2D eigenvalue weighted by molar-refractivity contribution is 5.89. The van der Waals surface area contributed by atoms with E-state index in [2.05, 4.69) is 4.90 Å². The van der Waals surface area contributed by atoms with Gasteiger partial charge in [-0.3, -0.25) is 10.3 Å². The number of hydrogen-bond acceptors (Lipinski definition) is 4. The van der Waals surface area contributed by atoms with Crippen molar-refractivity contribution in [1.29, 1.82) is 5.41 Å². The summed E-state index contributed by atoms with van der Waals surface area (Å²) in [4.78, 5) is 15.2. The Labute approximate surface area is 123 Å². The van der Waals surface area contributed by atoms with Crippen LogP contribution in [0.1, 0.15) is 5.56 Å². The lowest BCUT2D eigenvalue weighted by Gasteiger charge is -2.29. The SMILES string of the molecule is N=C(Cc1ccc(N2CCOC2=O)cc1)N1CCOCC1. The van der Waals surface area contributed by atoms with Gasteiger partial charge in [-0.15, -0.1) is 0 Å². The second kappa shape index (κ2) is 6.13. The summed E-state index contributed by atoms with van der Waals surface area (Å²) in [6, 6.07) is 7.76. The molecule has 0 aromatic heterocycles. The van der Waals surface area contributed by atoms with Gasteiger partial charge in [-0.05, 0) is 17.7 Å². The highest BCUT2D eigenvalue weighted by atomic mass is 16.6. The topological polar surface area (TPSA) is 65.9 Å². The number of hydrogen-bond donors (Lipinski definition) is 1. The van der Waals surface area contributed by atoms with Crippen molar-refractivity contribution >= 4 is 17.6 Å². The van der Waals surface area contributed by atoms with Gasteiger partial charge < -0.3 is 14.4 Å². The van der Waals surface area contributed by atoms with Crippen LogP contribution < -0.4 is 4.90 Å². The molecule has 6 nitrogen and oxygen atoms in total. The zero-order valence-corrected chi connectivity index (χ0v) is 11.9. The van der Waals surface area contributed by atoms with E-state index in [-0.39, 0.29) is 6.09 Å². The van der Waals surface area contributed by atoms with Crippen LogP contribution in [0, 0.1) is 5.41 Å². The molecule has 1 aromatic carbocycles. The van der Waals surface area contributed by atoms with Crippen molar-refractivity contribution in [3.8, 4) is 0 Å². The molecule has 0 saturated carbocycles. The van der Waals surface area contributed by atoms with Crippen molar-refractivity contribution in [2.24, 2.45) is 0 Å². The second-order valence-electron chi connectivity index (χ2n) is 5.16. The number of amidine groups is 1. The number of amides is 1. The number of anilines is 1. The zero-order valence-electron chi connectivity index (χ0n) is 11.9. The fourth-order valence-electron chi connectivity index (χ4n) is 2.56. The minimum Gasteiger partial charge on any atom is -0.447 e. The molecule has 1 aromatic rings. The molecular formula is C15H19N3O3. The van der Waals surface area contributed by atoms with Crippen LogP contribution in [-0.2, 0) is 15.9 Å². The molecule has 1 amide bonds. The summed E-state index contributed by atoms with van der Waals surface area (Å²) in [7, 11) is 0. The van der Waals surface area contributed by atoms with E-state index in [9.17, 15) is 4.79 Å². The molecule has 0 unspecified atom stereocenters. The lowest BCUT2D eigenvalue weighted by Crippen LogP contribution is -2.41. The van der Waals surface area contributed by atoms with Gasteiger partial charge in [-0.2, -0.15) is 0 Å². The van der Waals surface area contributed by atoms with E-state index in [0.29, 0.717) is 38.6 Å². The predicted octanol–water partition coefficient (Wildman–Crippen LogP) is 1.50. The smallest absolute Gasteiger partial charge is 0.414 e. The van der Waals surface area contributed by atoms with Gasteiger partial charge in [0.25, 0.3) is 0 Å². The lowest BCUT2D eigenvalue weighted by molar-refractivity contribution is 0.0670. The van der Waals surface area contributed by atoms with Gasteiger partial charge in [0.1, 0.15) is 12.4 Å². The molecule has 2 saturated heterocycles. The van der Waals surface area contributed by atoms with E-state index in [1.54, 1.807) is 4.90 Å². The standard InChI is InChI=1S/C15H19N3O3/c16-14(17-5-8-20-9-6-17)11-12-1-3-13(4-2-12)18-7-10-21-15(18)19/h1-4,16H,5-11H2. The highest BCUT2D eigenvalue weighted by Gasteiger charge is 2.23. The van der Waals surface area contributed by atoms with Gasteiger partial charge in [0.05, 0.1) is 19.8 Å². The third kappa shape index (κ3) is 3.16. The number of benzene rings is 1. The third-order valence-electron chi connectivity index (χ3n) is 3.77. The Morgan fingerprint density at radius 2 is 1.81 bits per heavy atom. The van der Waals surface area contributed by atoms with Gasteiger partial charge >= 0.3 is 6.09 Å². The Morgan fingerprint density at radius 1 is 1.10 bits per heavy atom. The summed E-state index contributed by atoms with van der Waals surface area (Å²) >= 11 is 0. The molecule has 2 heterocycles. The first-order valence-electron chi connectivity index (χ1n) is 7.17.